The topological polar surface area (TPSA) is 60.4 Å². The van der Waals surface area contributed by atoms with Crippen LogP contribution >= 0.6 is 0 Å². The molecule has 4 nitrogen and oxygen atoms in total. The van der Waals surface area contributed by atoms with Crippen LogP contribution in [0.5, 0.6) is 0 Å². The quantitative estimate of drug-likeness (QED) is 0.346. The molecule has 4 heteroatoms. The van der Waals surface area contributed by atoms with Gasteiger partial charge in [0.05, 0.1) is 0 Å². The third kappa shape index (κ3) is 4.25. The summed E-state index contributed by atoms with van der Waals surface area (Å²) in [6.07, 6.45) is 5.63. The van der Waals surface area contributed by atoms with Gasteiger partial charge in [-0.1, -0.05) is 26.0 Å². The Morgan fingerprint density at radius 1 is 1.33 bits per heavy atom. The first-order valence-electron chi connectivity index (χ1n) is 6.92. The highest BCUT2D eigenvalue weighted by Crippen LogP contribution is 2.40. The molecular formula is C17H22O4. The van der Waals surface area contributed by atoms with Crippen LogP contribution in [0, 0.1) is 5.41 Å². The monoisotopic (exact) mass is 290 g/mol. The molecule has 0 saturated heterocycles. The molecule has 1 rings (SSSR count). The molecular weight excluding hydrogens is 268 g/mol. The van der Waals surface area contributed by atoms with Crippen molar-refractivity contribution in [2.75, 3.05) is 0 Å². The summed E-state index contributed by atoms with van der Waals surface area (Å²) in [5.41, 5.74) is 2.05. The van der Waals surface area contributed by atoms with E-state index in [4.69, 9.17) is 4.74 Å². The van der Waals surface area contributed by atoms with E-state index in [0.717, 1.165) is 17.4 Å². The number of hydrogen-bond donors (Lipinski definition) is 0. The van der Waals surface area contributed by atoms with Crippen LogP contribution in [0.15, 0.2) is 34.9 Å². The normalized spacial score (nSPS) is 22.6. The van der Waals surface area contributed by atoms with Crippen LogP contribution in [-0.4, -0.2) is 24.1 Å². The molecule has 0 fully saturated rings. The Hall–Kier alpha value is -1.97. The number of aldehydes is 1. The van der Waals surface area contributed by atoms with E-state index in [-0.39, 0.29) is 11.2 Å². The molecule has 1 atom stereocenters. The average molecular weight is 290 g/mol. The first-order valence-corrected chi connectivity index (χ1v) is 6.92. The minimum atomic E-state index is -0.707. The molecule has 0 aliphatic heterocycles. The second-order valence-electron chi connectivity index (χ2n) is 5.97. The Morgan fingerprint density at radius 2 is 1.95 bits per heavy atom. The van der Waals surface area contributed by atoms with Crippen molar-refractivity contribution in [3.8, 4) is 0 Å². The fraction of sp³-hybridized carbons (Fsp3) is 0.471. The maximum Gasteiger partial charge on any atom is 0.303 e. The summed E-state index contributed by atoms with van der Waals surface area (Å²) < 4.78 is 5.12. The maximum absolute atomic E-state index is 12.3. The van der Waals surface area contributed by atoms with Crippen LogP contribution in [0.3, 0.4) is 0 Å². The highest BCUT2D eigenvalue weighted by Gasteiger charge is 2.39. The molecule has 0 aromatic heterocycles. The van der Waals surface area contributed by atoms with Crippen molar-refractivity contribution >= 4 is 18.0 Å². The number of ketones is 1. The third-order valence-electron chi connectivity index (χ3n) is 3.64. The van der Waals surface area contributed by atoms with Gasteiger partial charge in [0.2, 0.25) is 0 Å². The van der Waals surface area contributed by atoms with Gasteiger partial charge < -0.3 is 4.74 Å². The van der Waals surface area contributed by atoms with Crippen LogP contribution in [0.25, 0.3) is 0 Å². The van der Waals surface area contributed by atoms with E-state index < -0.39 is 12.1 Å². The summed E-state index contributed by atoms with van der Waals surface area (Å²) in [4.78, 5) is 33.8. The average Bonchev–Trinajstić information content (AvgIpc) is 2.34. The van der Waals surface area contributed by atoms with E-state index in [1.807, 2.05) is 32.9 Å². The van der Waals surface area contributed by atoms with Crippen molar-refractivity contribution in [3.05, 3.63) is 34.9 Å². The van der Waals surface area contributed by atoms with Crippen molar-refractivity contribution in [1.82, 2.24) is 0 Å². The van der Waals surface area contributed by atoms with E-state index in [9.17, 15) is 14.4 Å². The zero-order chi connectivity index (χ0) is 16.2. The molecule has 114 valence electrons. The van der Waals surface area contributed by atoms with Crippen molar-refractivity contribution in [2.45, 2.75) is 47.1 Å². The lowest BCUT2D eigenvalue weighted by Crippen LogP contribution is -2.38. The minimum absolute atomic E-state index is 0.152. The summed E-state index contributed by atoms with van der Waals surface area (Å²) in [6.45, 7) is 8.90. The number of rotatable bonds is 4. The first kappa shape index (κ1) is 17.1. The summed E-state index contributed by atoms with van der Waals surface area (Å²) in [5, 5.41) is 0. The van der Waals surface area contributed by atoms with Gasteiger partial charge in [0.1, 0.15) is 6.29 Å². The van der Waals surface area contributed by atoms with Crippen LogP contribution in [-0.2, 0) is 19.1 Å². The molecule has 1 aliphatic carbocycles. The molecule has 1 aliphatic rings. The molecule has 0 heterocycles. The molecule has 21 heavy (non-hydrogen) atoms. The van der Waals surface area contributed by atoms with Gasteiger partial charge in [-0.3, -0.25) is 14.4 Å². The number of esters is 1. The Balaban J connectivity index is 3.15. The maximum atomic E-state index is 12.3. The standard InChI is InChI=1S/C17H22O4/c1-11(8-9-18)6-7-14-12(2)16(20)15(21-13(3)19)10-17(14,4)5/h6-9,15H,10H2,1-5H3. The van der Waals surface area contributed by atoms with Gasteiger partial charge in [-0.15, -0.1) is 0 Å². The molecule has 0 N–H and O–H groups in total. The number of allylic oxidation sites excluding steroid dienone is 5. The number of hydrogen-bond acceptors (Lipinski definition) is 4. The van der Waals surface area contributed by atoms with Gasteiger partial charge in [0.15, 0.2) is 11.9 Å². The molecule has 0 aromatic carbocycles. The number of ether oxygens (including phenoxy) is 1. The Bertz CT molecular complexity index is 547. The second kappa shape index (κ2) is 6.66. The highest BCUT2D eigenvalue weighted by atomic mass is 16.5. The van der Waals surface area contributed by atoms with Crippen LogP contribution in [0.2, 0.25) is 0 Å². The van der Waals surface area contributed by atoms with E-state index in [1.165, 1.54) is 13.0 Å². The van der Waals surface area contributed by atoms with Crippen molar-refractivity contribution in [1.29, 1.82) is 0 Å². The summed E-state index contributed by atoms with van der Waals surface area (Å²) in [6, 6.07) is 0. The Morgan fingerprint density at radius 3 is 2.48 bits per heavy atom. The minimum Gasteiger partial charge on any atom is -0.454 e. The van der Waals surface area contributed by atoms with E-state index in [2.05, 4.69) is 0 Å². The van der Waals surface area contributed by atoms with E-state index in [1.54, 1.807) is 6.92 Å². The summed E-state index contributed by atoms with van der Waals surface area (Å²) in [5.74, 6) is -0.595. The van der Waals surface area contributed by atoms with Crippen molar-refractivity contribution in [2.24, 2.45) is 5.41 Å². The van der Waals surface area contributed by atoms with Crippen LogP contribution < -0.4 is 0 Å². The number of carbonyl (C=O) groups excluding carboxylic acids is 3. The van der Waals surface area contributed by atoms with Gasteiger partial charge in [0.25, 0.3) is 0 Å². The van der Waals surface area contributed by atoms with Crippen LogP contribution in [0.1, 0.15) is 41.0 Å². The van der Waals surface area contributed by atoms with Crippen molar-refractivity contribution in [3.63, 3.8) is 0 Å². The van der Waals surface area contributed by atoms with Gasteiger partial charge >= 0.3 is 5.97 Å². The molecule has 0 radical (unpaired) electrons. The predicted molar refractivity (Wildman–Crippen MR) is 80.6 cm³/mol. The third-order valence-corrected chi connectivity index (χ3v) is 3.64. The van der Waals surface area contributed by atoms with E-state index in [0.29, 0.717) is 12.0 Å². The van der Waals surface area contributed by atoms with Gasteiger partial charge in [-0.05, 0) is 42.1 Å². The number of Topliss-reactive ketones (excluding diaryl/α,β-unsaturated/α-hetero) is 1. The van der Waals surface area contributed by atoms with Gasteiger partial charge in [-0.25, -0.2) is 0 Å². The molecule has 0 saturated carbocycles. The molecule has 0 spiro atoms. The summed E-state index contributed by atoms with van der Waals surface area (Å²) in [7, 11) is 0. The lowest BCUT2D eigenvalue weighted by Gasteiger charge is -2.36. The largest absolute Gasteiger partial charge is 0.454 e. The molecule has 0 bridgehead atoms. The van der Waals surface area contributed by atoms with E-state index >= 15 is 0 Å². The lowest BCUT2D eigenvalue weighted by atomic mass is 9.71. The van der Waals surface area contributed by atoms with Crippen LogP contribution in [0.4, 0.5) is 0 Å². The Labute approximate surface area is 125 Å². The zero-order valence-electron chi connectivity index (χ0n) is 13.2. The molecule has 0 amide bonds. The molecule has 1 unspecified atom stereocenters. The fourth-order valence-electron chi connectivity index (χ4n) is 2.57. The lowest BCUT2D eigenvalue weighted by molar-refractivity contribution is -0.153. The fourth-order valence-corrected chi connectivity index (χ4v) is 2.57. The van der Waals surface area contributed by atoms with Gasteiger partial charge in [0, 0.05) is 13.3 Å². The molecule has 0 aromatic rings. The second-order valence-corrected chi connectivity index (χ2v) is 5.97. The predicted octanol–water partition coefficient (Wildman–Crippen LogP) is 2.94. The SMILES string of the molecule is CC(=O)OC1CC(C)(C)C(C=CC(C)=CC=O)=C(C)C1=O. The summed E-state index contributed by atoms with van der Waals surface area (Å²) >= 11 is 0. The highest BCUT2D eigenvalue weighted by molar-refractivity contribution is 6.01. The van der Waals surface area contributed by atoms with Gasteiger partial charge in [-0.2, -0.15) is 0 Å². The Kier molecular flexibility index (Phi) is 5.41. The smallest absolute Gasteiger partial charge is 0.303 e. The zero-order valence-corrected chi connectivity index (χ0v) is 13.2. The first-order chi connectivity index (χ1) is 9.69. The number of carbonyl (C=O) groups is 3. The van der Waals surface area contributed by atoms with Crippen molar-refractivity contribution < 1.29 is 19.1 Å².